The summed E-state index contributed by atoms with van der Waals surface area (Å²) in [6.45, 7) is 3.68. The molecule has 0 aliphatic heterocycles. The second kappa shape index (κ2) is 8.28. The molecule has 0 bridgehead atoms. The van der Waals surface area contributed by atoms with Gasteiger partial charge in [0.1, 0.15) is 11.6 Å². The standard InChI is InChI=1S/C24H20FN5O/c1-15-10-18(13-27-23(15)26)7-6-17-8-9-30-22(11-17)21(14-28-30)24(31)29-16(2)19-4-3-5-20(25)12-19/h3-5,8-14,16H,1-2H3,(H2,26,27)(H,29,31)/t16-/m0/s1. The lowest BCUT2D eigenvalue weighted by molar-refractivity contribution is 0.0941. The van der Waals surface area contributed by atoms with Crippen molar-refractivity contribution in [2.24, 2.45) is 0 Å². The molecule has 3 heterocycles. The van der Waals surface area contributed by atoms with Crippen molar-refractivity contribution in [2.75, 3.05) is 5.73 Å². The summed E-state index contributed by atoms with van der Waals surface area (Å²) in [5.41, 5.74) is 9.82. The van der Waals surface area contributed by atoms with Gasteiger partial charge in [0, 0.05) is 23.5 Å². The molecule has 31 heavy (non-hydrogen) atoms. The van der Waals surface area contributed by atoms with Gasteiger partial charge in [0.05, 0.1) is 23.3 Å². The normalized spacial score (nSPS) is 11.6. The van der Waals surface area contributed by atoms with Crippen LogP contribution in [-0.2, 0) is 0 Å². The average molecular weight is 413 g/mol. The van der Waals surface area contributed by atoms with Gasteiger partial charge in [-0.05, 0) is 55.3 Å². The van der Waals surface area contributed by atoms with Crippen LogP contribution in [0.3, 0.4) is 0 Å². The average Bonchev–Trinajstić information content (AvgIpc) is 3.18. The number of carbonyl (C=O) groups excluding carboxylic acids is 1. The molecule has 0 unspecified atom stereocenters. The van der Waals surface area contributed by atoms with Crippen LogP contribution in [0.5, 0.6) is 0 Å². The monoisotopic (exact) mass is 413 g/mol. The third-order valence-corrected chi connectivity index (χ3v) is 4.93. The maximum Gasteiger partial charge on any atom is 0.255 e. The Morgan fingerprint density at radius 1 is 1.16 bits per heavy atom. The zero-order chi connectivity index (χ0) is 22.0. The number of nitrogen functional groups attached to an aromatic ring is 1. The van der Waals surface area contributed by atoms with Gasteiger partial charge in [0.2, 0.25) is 0 Å². The van der Waals surface area contributed by atoms with Crippen LogP contribution in [0, 0.1) is 24.6 Å². The minimum atomic E-state index is -0.359. The number of anilines is 1. The number of halogens is 1. The number of hydrogen-bond donors (Lipinski definition) is 2. The minimum Gasteiger partial charge on any atom is -0.383 e. The maximum absolute atomic E-state index is 13.5. The second-order valence-electron chi connectivity index (χ2n) is 7.23. The molecule has 3 N–H and O–H groups in total. The van der Waals surface area contributed by atoms with Crippen LogP contribution >= 0.6 is 0 Å². The minimum absolute atomic E-state index is 0.296. The Bertz CT molecular complexity index is 1350. The molecule has 7 heteroatoms. The molecule has 1 atom stereocenters. The number of hydrogen-bond acceptors (Lipinski definition) is 4. The van der Waals surface area contributed by atoms with E-state index in [1.165, 1.54) is 18.3 Å². The fourth-order valence-electron chi connectivity index (χ4n) is 3.17. The summed E-state index contributed by atoms with van der Waals surface area (Å²) in [7, 11) is 0. The Labute approximate surface area is 178 Å². The van der Waals surface area contributed by atoms with Crippen LogP contribution in [0.4, 0.5) is 10.2 Å². The quantitative estimate of drug-likeness (QED) is 0.502. The number of benzene rings is 1. The fourth-order valence-corrected chi connectivity index (χ4v) is 3.17. The van der Waals surface area contributed by atoms with E-state index in [4.69, 9.17) is 5.73 Å². The van der Waals surface area contributed by atoms with E-state index >= 15 is 0 Å². The van der Waals surface area contributed by atoms with Crippen LogP contribution < -0.4 is 11.1 Å². The first-order chi connectivity index (χ1) is 14.9. The number of aromatic nitrogens is 3. The highest BCUT2D eigenvalue weighted by Crippen LogP contribution is 2.17. The van der Waals surface area contributed by atoms with Crippen molar-refractivity contribution in [3.8, 4) is 11.8 Å². The molecule has 3 aromatic heterocycles. The van der Waals surface area contributed by atoms with E-state index in [9.17, 15) is 9.18 Å². The molecule has 0 radical (unpaired) electrons. The summed E-state index contributed by atoms with van der Waals surface area (Å²) in [5.74, 6) is 5.98. The van der Waals surface area contributed by atoms with Crippen molar-refractivity contribution in [3.63, 3.8) is 0 Å². The summed E-state index contributed by atoms with van der Waals surface area (Å²) >= 11 is 0. The van der Waals surface area contributed by atoms with Gasteiger partial charge < -0.3 is 11.1 Å². The first kappa shape index (κ1) is 20.1. The lowest BCUT2D eigenvalue weighted by Gasteiger charge is -2.14. The number of nitrogens with zero attached hydrogens (tertiary/aromatic N) is 3. The molecule has 1 amide bonds. The van der Waals surface area contributed by atoms with Gasteiger partial charge in [-0.15, -0.1) is 0 Å². The van der Waals surface area contributed by atoms with E-state index in [0.717, 1.165) is 16.7 Å². The second-order valence-corrected chi connectivity index (χ2v) is 7.23. The molecule has 0 saturated heterocycles. The van der Waals surface area contributed by atoms with E-state index in [0.29, 0.717) is 22.5 Å². The van der Waals surface area contributed by atoms with Crippen molar-refractivity contribution in [2.45, 2.75) is 19.9 Å². The number of pyridine rings is 2. The van der Waals surface area contributed by atoms with Crippen molar-refractivity contribution in [3.05, 3.63) is 94.7 Å². The molecule has 4 aromatic rings. The molecule has 0 fully saturated rings. The van der Waals surface area contributed by atoms with E-state index in [1.54, 1.807) is 42.0 Å². The SMILES string of the molecule is Cc1cc(C#Cc2ccn3ncc(C(=O)N[C@@H](C)c4cccc(F)c4)c3c2)cnc1N. The van der Waals surface area contributed by atoms with Gasteiger partial charge in [-0.3, -0.25) is 4.79 Å². The summed E-state index contributed by atoms with van der Waals surface area (Å²) in [6, 6.07) is 11.3. The van der Waals surface area contributed by atoms with E-state index in [2.05, 4.69) is 27.2 Å². The van der Waals surface area contributed by atoms with Crippen molar-refractivity contribution >= 4 is 17.2 Å². The van der Waals surface area contributed by atoms with E-state index < -0.39 is 0 Å². The lowest BCUT2D eigenvalue weighted by atomic mass is 10.1. The van der Waals surface area contributed by atoms with Gasteiger partial charge in [-0.1, -0.05) is 24.0 Å². The first-order valence-corrected chi connectivity index (χ1v) is 9.68. The van der Waals surface area contributed by atoms with Crippen LogP contribution in [0.25, 0.3) is 5.52 Å². The number of rotatable bonds is 3. The molecule has 0 aliphatic carbocycles. The van der Waals surface area contributed by atoms with Gasteiger partial charge in [0.25, 0.3) is 5.91 Å². The number of aryl methyl sites for hydroxylation is 1. The predicted octanol–water partition coefficient (Wildman–Crippen LogP) is 3.65. The molecule has 0 aliphatic rings. The Kier molecular flexibility index (Phi) is 5.37. The number of nitrogens with one attached hydrogen (secondary N) is 1. The zero-order valence-corrected chi connectivity index (χ0v) is 17.1. The number of carbonyl (C=O) groups is 1. The Morgan fingerprint density at radius 2 is 1.97 bits per heavy atom. The molecular weight excluding hydrogens is 393 g/mol. The summed E-state index contributed by atoms with van der Waals surface area (Å²) in [6.07, 6.45) is 4.88. The summed E-state index contributed by atoms with van der Waals surface area (Å²) in [4.78, 5) is 16.9. The third kappa shape index (κ3) is 4.38. The third-order valence-electron chi connectivity index (χ3n) is 4.93. The molecule has 6 nitrogen and oxygen atoms in total. The summed E-state index contributed by atoms with van der Waals surface area (Å²) < 4.78 is 15.1. The van der Waals surface area contributed by atoms with Gasteiger partial charge in [-0.2, -0.15) is 5.10 Å². The summed E-state index contributed by atoms with van der Waals surface area (Å²) in [5, 5.41) is 7.13. The van der Waals surface area contributed by atoms with Gasteiger partial charge in [-0.25, -0.2) is 13.9 Å². The smallest absolute Gasteiger partial charge is 0.255 e. The van der Waals surface area contributed by atoms with Crippen LogP contribution in [0.1, 0.15) is 45.6 Å². The molecule has 154 valence electrons. The van der Waals surface area contributed by atoms with Gasteiger partial charge >= 0.3 is 0 Å². The number of nitrogens with two attached hydrogens (primary N) is 1. The van der Waals surface area contributed by atoms with Crippen molar-refractivity contribution in [1.29, 1.82) is 0 Å². The van der Waals surface area contributed by atoms with Crippen LogP contribution in [0.2, 0.25) is 0 Å². The van der Waals surface area contributed by atoms with Crippen LogP contribution in [-0.4, -0.2) is 20.5 Å². The largest absolute Gasteiger partial charge is 0.383 e. The fraction of sp³-hybridized carbons (Fsp3) is 0.125. The van der Waals surface area contributed by atoms with E-state index in [1.807, 2.05) is 19.1 Å². The van der Waals surface area contributed by atoms with Crippen molar-refractivity contribution in [1.82, 2.24) is 19.9 Å². The molecule has 0 saturated carbocycles. The molecule has 1 aromatic carbocycles. The Balaban J connectivity index is 1.59. The molecule has 4 rings (SSSR count). The van der Waals surface area contributed by atoms with E-state index in [-0.39, 0.29) is 17.8 Å². The number of fused-ring (bicyclic) bond motifs is 1. The van der Waals surface area contributed by atoms with Crippen LogP contribution in [0.15, 0.2) is 61.1 Å². The Morgan fingerprint density at radius 3 is 2.74 bits per heavy atom. The predicted molar refractivity (Wildman–Crippen MR) is 117 cm³/mol. The molecular formula is C24H20FN5O. The zero-order valence-electron chi connectivity index (χ0n) is 17.1. The van der Waals surface area contributed by atoms with Gasteiger partial charge in [0.15, 0.2) is 0 Å². The first-order valence-electron chi connectivity index (χ1n) is 9.68. The highest BCUT2D eigenvalue weighted by atomic mass is 19.1. The molecule has 0 spiro atoms. The topological polar surface area (TPSA) is 85.3 Å². The highest BCUT2D eigenvalue weighted by Gasteiger charge is 2.16. The maximum atomic E-state index is 13.5. The van der Waals surface area contributed by atoms with Crippen molar-refractivity contribution < 1.29 is 9.18 Å². The lowest BCUT2D eigenvalue weighted by Crippen LogP contribution is -2.26. The number of amides is 1. The highest BCUT2D eigenvalue weighted by molar-refractivity contribution is 6.00. The Hall–Kier alpha value is -4.18.